The molecule has 1 aromatic rings. The Kier molecular flexibility index (Phi) is 4.03. The van der Waals surface area contributed by atoms with Crippen molar-refractivity contribution in [3.8, 4) is 11.8 Å². The summed E-state index contributed by atoms with van der Waals surface area (Å²) in [6, 6.07) is 8.86. The third-order valence-corrected chi connectivity index (χ3v) is 3.09. The quantitative estimate of drug-likeness (QED) is 0.899. The number of hydrogen-bond donors (Lipinski definition) is 1. The lowest BCUT2D eigenvalue weighted by Gasteiger charge is -2.22. The van der Waals surface area contributed by atoms with E-state index in [1.54, 1.807) is 31.2 Å². The van der Waals surface area contributed by atoms with Crippen LogP contribution in [-0.2, 0) is 9.53 Å². The molecule has 5 nitrogen and oxygen atoms in total. The van der Waals surface area contributed by atoms with Gasteiger partial charge in [-0.05, 0) is 31.9 Å². The van der Waals surface area contributed by atoms with Crippen LogP contribution in [0, 0.1) is 11.3 Å². The minimum atomic E-state index is -0.747. The Morgan fingerprint density at radius 2 is 2.47 bits per heavy atom. The fourth-order valence-corrected chi connectivity index (χ4v) is 2.00. The predicted molar refractivity (Wildman–Crippen MR) is 69.8 cm³/mol. The van der Waals surface area contributed by atoms with Crippen LogP contribution < -0.4 is 10.1 Å². The Morgan fingerprint density at radius 3 is 3.16 bits per heavy atom. The third-order valence-electron chi connectivity index (χ3n) is 3.09. The first kappa shape index (κ1) is 13.4. The predicted octanol–water partition coefficient (Wildman–Crippen LogP) is 2.10. The molecule has 19 heavy (non-hydrogen) atoms. The van der Waals surface area contributed by atoms with Gasteiger partial charge in [0, 0.05) is 18.4 Å². The maximum atomic E-state index is 12.1. The molecular formula is C14H16N2O3. The number of nitriles is 1. The molecule has 1 heterocycles. The lowest BCUT2D eigenvalue weighted by atomic mass is 10.0. The van der Waals surface area contributed by atoms with Crippen LogP contribution in [-0.4, -0.2) is 24.7 Å². The molecule has 1 fully saturated rings. The number of nitrogens with one attached hydrogen (secondary N) is 1. The minimum Gasteiger partial charge on any atom is -0.479 e. The molecule has 0 spiro atoms. The molecule has 100 valence electrons. The Balaban J connectivity index is 2.02. The van der Waals surface area contributed by atoms with E-state index in [-0.39, 0.29) is 12.5 Å². The van der Waals surface area contributed by atoms with Crippen molar-refractivity contribution >= 4 is 11.6 Å². The van der Waals surface area contributed by atoms with E-state index in [0.717, 1.165) is 12.8 Å². The molecule has 1 amide bonds. The van der Waals surface area contributed by atoms with E-state index in [1.807, 2.05) is 6.07 Å². The number of ether oxygens (including phenoxy) is 2. The number of benzene rings is 1. The second kappa shape index (κ2) is 5.72. The Hall–Kier alpha value is -2.06. The van der Waals surface area contributed by atoms with Gasteiger partial charge in [-0.2, -0.15) is 5.26 Å². The Labute approximate surface area is 112 Å². The van der Waals surface area contributed by atoms with Gasteiger partial charge >= 0.3 is 0 Å². The number of carbonyl (C=O) groups excluding carboxylic acids is 1. The molecule has 1 saturated heterocycles. The van der Waals surface area contributed by atoms with Crippen molar-refractivity contribution in [2.75, 3.05) is 18.5 Å². The summed E-state index contributed by atoms with van der Waals surface area (Å²) in [5.41, 5.74) is -0.110. The van der Waals surface area contributed by atoms with Gasteiger partial charge in [0.1, 0.15) is 17.4 Å². The molecule has 1 N–H and O–H groups in total. The van der Waals surface area contributed by atoms with E-state index < -0.39 is 5.60 Å². The highest BCUT2D eigenvalue weighted by atomic mass is 16.5. The summed E-state index contributed by atoms with van der Waals surface area (Å²) in [5, 5.41) is 11.3. The molecule has 0 bridgehead atoms. The lowest BCUT2D eigenvalue weighted by molar-refractivity contribution is -0.133. The molecular weight excluding hydrogens is 244 g/mol. The van der Waals surface area contributed by atoms with Gasteiger partial charge < -0.3 is 14.8 Å². The number of carbonyl (C=O) groups is 1. The lowest BCUT2D eigenvalue weighted by Crippen LogP contribution is -2.39. The maximum absolute atomic E-state index is 12.1. The number of nitrogens with zero attached hydrogens (tertiary/aromatic N) is 1. The maximum Gasteiger partial charge on any atom is 0.256 e. The van der Waals surface area contributed by atoms with Crippen LogP contribution >= 0.6 is 0 Å². The summed E-state index contributed by atoms with van der Waals surface area (Å²) in [6.45, 7) is 2.40. The van der Waals surface area contributed by atoms with Gasteiger partial charge in [0.05, 0.1) is 0 Å². The van der Waals surface area contributed by atoms with Crippen molar-refractivity contribution < 1.29 is 14.3 Å². The molecule has 0 aliphatic carbocycles. The fourth-order valence-electron chi connectivity index (χ4n) is 2.00. The number of hydrogen-bond acceptors (Lipinski definition) is 4. The van der Waals surface area contributed by atoms with Gasteiger partial charge in [-0.1, -0.05) is 6.07 Å². The van der Waals surface area contributed by atoms with Gasteiger partial charge in [-0.15, -0.1) is 0 Å². The molecule has 2 rings (SSSR count). The van der Waals surface area contributed by atoms with Crippen molar-refractivity contribution in [2.24, 2.45) is 0 Å². The average molecular weight is 260 g/mol. The van der Waals surface area contributed by atoms with Gasteiger partial charge in [-0.25, -0.2) is 0 Å². The van der Waals surface area contributed by atoms with Crippen LogP contribution in [0.1, 0.15) is 19.8 Å². The van der Waals surface area contributed by atoms with Crippen LogP contribution in [0.25, 0.3) is 0 Å². The van der Waals surface area contributed by atoms with E-state index in [4.69, 9.17) is 14.7 Å². The summed E-state index contributed by atoms with van der Waals surface area (Å²) in [4.78, 5) is 12.1. The third kappa shape index (κ3) is 3.24. The summed E-state index contributed by atoms with van der Waals surface area (Å²) in [7, 11) is 0. The fraction of sp³-hybridized carbons (Fsp3) is 0.429. The largest absolute Gasteiger partial charge is 0.479 e. The number of anilines is 1. The number of rotatable bonds is 4. The first-order chi connectivity index (χ1) is 9.14. The van der Waals surface area contributed by atoms with Crippen molar-refractivity contribution in [1.82, 2.24) is 0 Å². The topological polar surface area (TPSA) is 71.3 Å². The molecule has 0 radical (unpaired) electrons. The van der Waals surface area contributed by atoms with Crippen molar-refractivity contribution in [3.05, 3.63) is 24.3 Å². The van der Waals surface area contributed by atoms with E-state index in [2.05, 4.69) is 5.32 Å². The second-order valence-electron chi connectivity index (χ2n) is 4.61. The molecule has 1 atom stereocenters. The highest BCUT2D eigenvalue weighted by Gasteiger charge is 2.37. The molecule has 1 aliphatic heterocycles. The summed E-state index contributed by atoms with van der Waals surface area (Å²) < 4.78 is 10.7. The van der Waals surface area contributed by atoms with E-state index in [0.29, 0.717) is 18.0 Å². The van der Waals surface area contributed by atoms with Crippen LogP contribution in [0.2, 0.25) is 0 Å². The van der Waals surface area contributed by atoms with E-state index >= 15 is 0 Å². The van der Waals surface area contributed by atoms with Crippen LogP contribution in [0.4, 0.5) is 5.69 Å². The minimum absolute atomic E-state index is 0.0156. The van der Waals surface area contributed by atoms with Gasteiger partial charge in [0.25, 0.3) is 5.91 Å². The van der Waals surface area contributed by atoms with Crippen molar-refractivity contribution in [1.29, 1.82) is 5.26 Å². The Bertz CT molecular complexity index is 502. The molecule has 1 unspecified atom stereocenters. The first-order valence-corrected chi connectivity index (χ1v) is 6.19. The smallest absolute Gasteiger partial charge is 0.256 e. The molecule has 5 heteroatoms. The van der Waals surface area contributed by atoms with Gasteiger partial charge in [-0.3, -0.25) is 4.79 Å². The first-order valence-electron chi connectivity index (χ1n) is 6.19. The summed E-state index contributed by atoms with van der Waals surface area (Å²) in [6.07, 6.45) is 1.62. The normalized spacial score (nSPS) is 21.7. The SMILES string of the molecule is CC1(C(=O)Nc2cccc(OCC#N)c2)CCCO1. The average Bonchev–Trinajstić information content (AvgIpc) is 2.85. The molecule has 1 aromatic carbocycles. The molecule has 0 saturated carbocycles. The second-order valence-corrected chi connectivity index (χ2v) is 4.61. The highest BCUT2D eigenvalue weighted by Crippen LogP contribution is 2.27. The molecule has 0 aromatic heterocycles. The highest BCUT2D eigenvalue weighted by molar-refractivity contribution is 5.97. The summed E-state index contributed by atoms with van der Waals surface area (Å²) in [5.74, 6) is 0.402. The van der Waals surface area contributed by atoms with E-state index in [1.165, 1.54) is 0 Å². The van der Waals surface area contributed by atoms with E-state index in [9.17, 15) is 4.79 Å². The zero-order chi connectivity index (χ0) is 13.7. The van der Waals surface area contributed by atoms with Crippen LogP contribution in [0.3, 0.4) is 0 Å². The number of amides is 1. The van der Waals surface area contributed by atoms with Crippen LogP contribution in [0.15, 0.2) is 24.3 Å². The van der Waals surface area contributed by atoms with Gasteiger partial charge in [0.2, 0.25) is 0 Å². The zero-order valence-electron chi connectivity index (χ0n) is 10.8. The summed E-state index contributed by atoms with van der Waals surface area (Å²) >= 11 is 0. The van der Waals surface area contributed by atoms with Crippen LogP contribution in [0.5, 0.6) is 5.75 Å². The standard InChI is InChI=1S/C14H16N2O3/c1-14(6-3-8-19-14)13(17)16-11-4-2-5-12(10-11)18-9-7-15/h2,4-5,10H,3,6,8-9H2,1H3,(H,16,17). The van der Waals surface area contributed by atoms with Gasteiger partial charge in [0.15, 0.2) is 6.61 Å². The van der Waals surface area contributed by atoms with Crippen molar-refractivity contribution in [3.63, 3.8) is 0 Å². The Morgan fingerprint density at radius 1 is 1.63 bits per heavy atom. The molecule has 1 aliphatic rings. The zero-order valence-corrected chi connectivity index (χ0v) is 10.8. The monoisotopic (exact) mass is 260 g/mol. The van der Waals surface area contributed by atoms with Crippen molar-refractivity contribution in [2.45, 2.75) is 25.4 Å².